The molecule has 1 fully saturated rings. The first-order valence-electron chi connectivity index (χ1n) is 14.6. The van der Waals surface area contributed by atoms with Crippen molar-refractivity contribution in [1.82, 2.24) is 34.4 Å². The van der Waals surface area contributed by atoms with Crippen molar-refractivity contribution in [2.75, 3.05) is 17.2 Å². The highest BCUT2D eigenvalue weighted by Gasteiger charge is 2.30. The summed E-state index contributed by atoms with van der Waals surface area (Å²) in [6.45, 7) is 8.04. The maximum absolute atomic E-state index is 12.8. The van der Waals surface area contributed by atoms with Crippen LogP contribution in [0.25, 0.3) is 16.6 Å². The first-order chi connectivity index (χ1) is 21.6. The van der Waals surface area contributed by atoms with Gasteiger partial charge in [-0.05, 0) is 82.5 Å². The number of rotatable bonds is 7. The fraction of sp³-hybridized carbons (Fsp3) is 0.281. The molecule has 0 aliphatic carbocycles. The maximum atomic E-state index is 12.8. The van der Waals surface area contributed by atoms with Crippen LogP contribution < -0.4 is 15.4 Å². The van der Waals surface area contributed by atoms with Gasteiger partial charge >= 0.3 is 6.09 Å². The molecular formula is C32H33N9O4. The molecule has 2 aromatic carbocycles. The van der Waals surface area contributed by atoms with Gasteiger partial charge in [0, 0.05) is 35.4 Å². The number of carbonyl (C=O) groups excluding carboxylic acids is 2. The minimum Gasteiger partial charge on any atom is -0.444 e. The van der Waals surface area contributed by atoms with Gasteiger partial charge in [-0.1, -0.05) is 6.08 Å². The molecule has 0 bridgehead atoms. The third kappa shape index (κ3) is 6.98. The van der Waals surface area contributed by atoms with E-state index in [-0.39, 0.29) is 18.0 Å². The highest BCUT2D eigenvalue weighted by Crippen LogP contribution is 2.30. The number of carbonyl (C=O) groups is 2. The molecule has 0 radical (unpaired) electrons. The van der Waals surface area contributed by atoms with Gasteiger partial charge in [-0.25, -0.2) is 19.7 Å². The first-order valence-corrected chi connectivity index (χ1v) is 14.6. The van der Waals surface area contributed by atoms with E-state index in [0.29, 0.717) is 40.8 Å². The Morgan fingerprint density at radius 2 is 1.87 bits per heavy atom. The van der Waals surface area contributed by atoms with E-state index < -0.39 is 5.60 Å². The second-order valence-corrected chi connectivity index (χ2v) is 11.7. The van der Waals surface area contributed by atoms with Gasteiger partial charge in [0.15, 0.2) is 5.65 Å². The Morgan fingerprint density at radius 1 is 1.02 bits per heavy atom. The Bertz CT molecular complexity index is 1910. The summed E-state index contributed by atoms with van der Waals surface area (Å²) < 4.78 is 13.2. The molecule has 4 heterocycles. The number of ether oxygens (including phenoxy) is 2. The van der Waals surface area contributed by atoms with Gasteiger partial charge in [-0.15, -0.1) is 10.2 Å². The number of fused-ring (bicyclic) bond motifs is 2. The molecule has 1 atom stereocenters. The first kappa shape index (κ1) is 29.5. The Labute approximate surface area is 259 Å². The number of anilines is 3. The van der Waals surface area contributed by atoms with Gasteiger partial charge in [-0.3, -0.25) is 9.20 Å². The summed E-state index contributed by atoms with van der Waals surface area (Å²) in [7, 11) is 0. The number of amides is 2. The zero-order chi connectivity index (χ0) is 31.6. The Morgan fingerprint density at radius 3 is 2.69 bits per heavy atom. The van der Waals surface area contributed by atoms with Crippen LogP contribution in [0, 0.1) is 6.92 Å². The number of likely N-dealkylation sites (tertiary alicyclic amines) is 1. The van der Waals surface area contributed by atoms with Gasteiger partial charge in [0.1, 0.15) is 36.2 Å². The Hall–Kier alpha value is -5.59. The smallest absolute Gasteiger partial charge is 0.410 e. The molecule has 1 saturated heterocycles. The van der Waals surface area contributed by atoms with Crippen molar-refractivity contribution in [3.8, 4) is 11.6 Å². The topological polar surface area (TPSA) is 149 Å². The largest absolute Gasteiger partial charge is 0.444 e. The van der Waals surface area contributed by atoms with Crippen LogP contribution in [0.4, 0.5) is 22.0 Å². The van der Waals surface area contributed by atoms with Crippen LogP contribution in [0.3, 0.4) is 0 Å². The van der Waals surface area contributed by atoms with E-state index in [2.05, 4.69) is 35.8 Å². The molecule has 1 aliphatic heterocycles. The fourth-order valence-corrected chi connectivity index (χ4v) is 5.01. The molecule has 6 rings (SSSR count). The van der Waals surface area contributed by atoms with Crippen molar-refractivity contribution in [2.45, 2.75) is 52.2 Å². The number of hydrogen-bond acceptors (Lipinski definition) is 10. The van der Waals surface area contributed by atoms with E-state index in [1.807, 2.05) is 58.0 Å². The van der Waals surface area contributed by atoms with Gasteiger partial charge in [-0.2, -0.15) is 0 Å². The molecule has 0 unspecified atom stereocenters. The van der Waals surface area contributed by atoms with E-state index >= 15 is 0 Å². The van der Waals surface area contributed by atoms with E-state index in [1.54, 1.807) is 40.2 Å². The van der Waals surface area contributed by atoms with Gasteiger partial charge in [0.25, 0.3) is 0 Å². The number of nitrogens with one attached hydrogen (secondary N) is 2. The lowest BCUT2D eigenvalue weighted by Gasteiger charge is -2.27. The zero-order valence-electron chi connectivity index (χ0n) is 25.4. The third-order valence-electron chi connectivity index (χ3n) is 7.11. The molecule has 13 heteroatoms. The van der Waals surface area contributed by atoms with Crippen molar-refractivity contribution in [3.05, 3.63) is 79.2 Å². The van der Waals surface area contributed by atoms with Crippen LogP contribution in [0.15, 0.2) is 73.6 Å². The molecule has 1 aliphatic rings. The normalized spacial score (nSPS) is 15.1. The van der Waals surface area contributed by atoms with E-state index in [4.69, 9.17) is 9.47 Å². The van der Waals surface area contributed by atoms with E-state index in [0.717, 1.165) is 29.5 Å². The van der Waals surface area contributed by atoms with Crippen LogP contribution in [0.2, 0.25) is 0 Å². The molecule has 45 heavy (non-hydrogen) atoms. The highest BCUT2D eigenvalue weighted by molar-refractivity contribution is 6.02. The molecule has 2 N–H and O–H groups in total. The second kappa shape index (κ2) is 12.2. The zero-order valence-corrected chi connectivity index (χ0v) is 25.4. The SMILES string of the molecule is Cc1cc(Nc2ncnc3ccc(NC(=O)/C=C/[C@H]4CCCN4C(=O)OC(C)(C)C)cc23)ccc1Oc1cc2nncn2cn1. The van der Waals surface area contributed by atoms with Crippen LogP contribution in [-0.2, 0) is 9.53 Å². The van der Waals surface area contributed by atoms with Gasteiger partial charge < -0.3 is 25.0 Å². The summed E-state index contributed by atoms with van der Waals surface area (Å²) in [5.74, 6) is 1.33. The monoisotopic (exact) mass is 607 g/mol. The standard InChI is InChI=1S/C32H33N9O4/c1-20-14-21(8-11-26(20)44-29-16-27-39-36-19-40(27)18-35-29)38-30-24-15-22(7-10-25(24)33-17-34-30)37-28(42)12-9-23-6-5-13-41(23)31(43)45-32(2,3)4/h7-12,14-19,23H,5-6,13H2,1-4H3,(H,37,42)(H,33,34,38)/b12-9+/t23-/m1/s1. The number of aromatic nitrogens is 6. The molecule has 2 amide bonds. The molecule has 13 nitrogen and oxygen atoms in total. The maximum Gasteiger partial charge on any atom is 0.410 e. The van der Waals surface area contributed by atoms with Crippen molar-refractivity contribution < 1.29 is 19.1 Å². The molecule has 230 valence electrons. The van der Waals surface area contributed by atoms with Crippen molar-refractivity contribution in [2.24, 2.45) is 0 Å². The third-order valence-corrected chi connectivity index (χ3v) is 7.11. The van der Waals surface area contributed by atoms with Gasteiger partial charge in [0.2, 0.25) is 11.8 Å². The quantitative estimate of drug-likeness (QED) is 0.217. The van der Waals surface area contributed by atoms with Crippen molar-refractivity contribution in [1.29, 1.82) is 0 Å². The average molecular weight is 608 g/mol. The summed E-state index contributed by atoms with van der Waals surface area (Å²) in [6.07, 6.45) is 9.12. The molecule has 3 aromatic heterocycles. The molecule has 0 saturated carbocycles. The molecule has 0 spiro atoms. The predicted molar refractivity (Wildman–Crippen MR) is 169 cm³/mol. The average Bonchev–Trinajstić information content (AvgIpc) is 3.66. The van der Waals surface area contributed by atoms with Crippen LogP contribution in [0.5, 0.6) is 11.6 Å². The Kier molecular flexibility index (Phi) is 7.98. The van der Waals surface area contributed by atoms with E-state index in [9.17, 15) is 9.59 Å². The lowest BCUT2D eigenvalue weighted by molar-refractivity contribution is -0.112. The highest BCUT2D eigenvalue weighted by atomic mass is 16.6. The van der Waals surface area contributed by atoms with E-state index in [1.165, 1.54) is 12.4 Å². The lowest BCUT2D eigenvalue weighted by Crippen LogP contribution is -2.39. The second-order valence-electron chi connectivity index (χ2n) is 11.7. The van der Waals surface area contributed by atoms with Crippen LogP contribution >= 0.6 is 0 Å². The predicted octanol–water partition coefficient (Wildman–Crippen LogP) is 5.81. The summed E-state index contributed by atoms with van der Waals surface area (Å²) in [5.41, 5.74) is 3.03. The number of benzene rings is 2. The summed E-state index contributed by atoms with van der Waals surface area (Å²) in [5, 5.41) is 14.9. The van der Waals surface area contributed by atoms with Crippen molar-refractivity contribution in [3.63, 3.8) is 0 Å². The minimum atomic E-state index is -0.581. The summed E-state index contributed by atoms with van der Waals surface area (Å²) in [4.78, 5) is 40.2. The number of aryl methyl sites for hydroxylation is 1. The minimum absolute atomic E-state index is 0.194. The van der Waals surface area contributed by atoms with Crippen molar-refractivity contribution >= 4 is 45.7 Å². The van der Waals surface area contributed by atoms with Gasteiger partial charge in [0.05, 0.1) is 11.6 Å². The number of nitrogens with zero attached hydrogens (tertiary/aromatic N) is 7. The summed E-state index contributed by atoms with van der Waals surface area (Å²) in [6, 6.07) is 12.6. The van der Waals surface area contributed by atoms with Crippen LogP contribution in [0.1, 0.15) is 39.2 Å². The Balaban J connectivity index is 1.13. The summed E-state index contributed by atoms with van der Waals surface area (Å²) >= 11 is 0. The number of hydrogen-bond donors (Lipinski definition) is 2. The lowest BCUT2D eigenvalue weighted by atomic mass is 10.1. The fourth-order valence-electron chi connectivity index (χ4n) is 5.01. The molecule has 5 aromatic rings. The van der Waals surface area contributed by atoms with Crippen LogP contribution in [-0.4, -0.2) is 64.6 Å². The molecular weight excluding hydrogens is 574 g/mol.